The number of carboxylic acids is 1. The second kappa shape index (κ2) is 5.10. The number of hydrogen-bond donors (Lipinski definition) is 2. The minimum Gasteiger partial charge on any atom is -0.478 e. The van der Waals surface area contributed by atoms with Crippen molar-refractivity contribution >= 4 is 23.3 Å². The monoisotopic (exact) mass is 266 g/mol. The molecule has 0 radical (unpaired) electrons. The molecule has 0 saturated heterocycles. The summed E-state index contributed by atoms with van der Waals surface area (Å²) in [6.45, 7) is 2.27. The quantitative estimate of drug-likeness (QED) is 0.890. The third-order valence-electron chi connectivity index (χ3n) is 2.35. The predicted octanol–water partition coefficient (Wildman–Crippen LogP) is 2.95. The summed E-state index contributed by atoms with van der Waals surface area (Å²) in [6.07, 6.45) is 0. The molecule has 0 unspecified atom stereocenters. The van der Waals surface area contributed by atoms with Crippen LogP contribution in [0, 0.1) is 6.92 Å². The number of halogens is 1. The molecule has 0 aliphatic carbocycles. The number of rotatable bonds is 4. The average Bonchev–Trinajstić information content (AvgIpc) is 2.73. The molecule has 94 valence electrons. The minimum absolute atomic E-state index is 0.155. The van der Waals surface area contributed by atoms with Crippen LogP contribution >= 0.6 is 11.6 Å². The summed E-state index contributed by atoms with van der Waals surface area (Å²) >= 11 is 5.98. The molecule has 0 aliphatic heterocycles. The lowest BCUT2D eigenvalue weighted by Crippen LogP contribution is -2.02. The average molecular weight is 267 g/mol. The Morgan fingerprint density at radius 1 is 1.50 bits per heavy atom. The second-order valence-electron chi connectivity index (χ2n) is 3.78. The number of carboxylic acid groups (broad SMARTS) is 1. The van der Waals surface area contributed by atoms with E-state index in [-0.39, 0.29) is 5.56 Å². The summed E-state index contributed by atoms with van der Waals surface area (Å²) in [4.78, 5) is 10.7. The zero-order valence-corrected chi connectivity index (χ0v) is 10.4. The fourth-order valence-corrected chi connectivity index (χ4v) is 1.73. The van der Waals surface area contributed by atoms with Gasteiger partial charge in [-0.2, -0.15) is 0 Å². The van der Waals surface area contributed by atoms with Crippen LogP contribution in [0.4, 0.5) is 5.69 Å². The van der Waals surface area contributed by atoms with Gasteiger partial charge in [0.15, 0.2) is 0 Å². The number of nitrogens with one attached hydrogen (secondary N) is 1. The van der Waals surface area contributed by atoms with E-state index < -0.39 is 5.97 Å². The van der Waals surface area contributed by atoms with Crippen LogP contribution in [0.3, 0.4) is 0 Å². The van der Waals surface area contributed by atoms with Crippen LogP contribution in [0.5, 0.6) is 0 Å². The highest BCUT2D eigenvalue weighted by Gasteiger charge is 2.07. The molecule has 0 aliphatic rings. The first-order chi connectivity index (χ1) is 8.56. The number of benzene rings is 1. The fourth-order valence-electron chi connectivity index (χ4n) is 1.48. The molecular weight excluding hydrogens is 256 g/mol. The van der Waals surface area contributed by atoms with E-state index in [0.29, 0.717) is 17.3 Å². The van der Waals surface area contributed by atoms with Crippen LogP contribution in [0.2, 0.25) is 5.02 Å². The molecule has 2 rings (SSSR count). The molecule has 0 fully saturated rings. The minimum atomic E-state index is -1.00. The maximum Gasteiger partial charge on any atom is 0.335 e. The van der Waals surface area contributed by atoms with Gasteiger partial charge in [-0.1, -0.05) is 16.8 Å². The smallest absolute Gasteiger partial charge is 0.335 e. The van der Waals surface area contributed by atoms with E-state index >= 15 is 0 Å². The Labute approximate surface area is 108 Å². The van der Waals surface area contributed by atoms with E-state index in [4.69, 9.17) is 21.2 Å². The summed E-state index contributed by atoms with van der Waals surface area (Å²) in [5, 5.41) is 16.1. The molecule has 0 amide bonds. The number of aromatic nitrogens is 1. The molecule has 6 heteroatoms. The van der Waals surface area contributed by atoms with Gasteiger partial charge in [-0.05, 0) is 25.1 Å². The van der Waals surface area contributed by atoms with E-state index in [9.17, 15) is 4.79 Å². The third kappa shape index (κ3) is 2.81. The highest BCUT2D eigenvalue weighted by Crippen LogP contribution is 2.23. The summed E-state index contributed by atoms with van der Waals surface area (Å²) in [5.74, 6) is -0.269. The molecule has 1 heterocycles. The molecule has 0 spiro atoms. The second-order valence-corrected chi connectivity index (χ2v) is 4.19. The van der Waals surface area contributed by atoms with Gasteiger partial charge in [-0.25, -0.2) is 4.79 Å². The van der Waals surface area contributed by atoms with Crippen molar-refractivity contribution in [2.45, 2.75) is 13.5 Å². The van der Waals surface area contributed by atoms with Crippen molar-refractivity contribution in [3.63, 3.8) is 0 Å². The lowest BCUT2D eigenvalue weighted by atomic mass is 10.2. The van der Waals surface area contributed by atoms with Gasteiger partial charge in [-0.15, -0.1) is 0 Å². The molecule has 0 saturated carbocycles. The standard InChI is InChI=1S/C12H11ClN2O3/c1-7-4-9(15-18-7)6-14-11-3-2-8(12(16)17)5-10(11)13/h2-5,14H,6H2,1H3,(H,16,17). The third-order valence-corrected chi connectivity index (χ3v) is 2.67. The zero-order valence-electron chi connectivity index (χ0n) is 9.61. The van der Waals surface area contributed by atoms with Crippen molar-refractivity contribution in [3.8, 4) is 0 Å². The Morgan fingerprint density at radius 2 is 2.28 bits per heavy atom. The summed E-state index contributed by atoms with van der Waals surface area (Å²) in [7, 11) is 0. The number of hydrogen-bond acceptors (Lipinski definition) is 4. The number of aromatic carboxylic acids is 1. The lowest BCUT2D eigenvalue weighted by Gasteiger charge is -2.07. The maximum atomic E-state index is 10.7. The van der Waals surface area contributed by atoms with E-state index in [1.807, 2.05) is 13.0 Å². The van der Waals surface area contributed by atoms with Crippen molar-refractivity contribution < 1.29 is 14.4 Å². The predicted molar refractivity (Wildman–Crippen MR) is 67.0 cm³/mol. The van der Waals surface area contributed by atoms with E-state index in [0.717, 1.165) is 11.5 Å². The first-order valence-corrected chi connectivity index (χ1v) is 5.63. The molecule has 5 nitrogen and oxygen atoms in total. The number of carbonyl (C=O) groups is 1. The molecule has 1 aromatic heterocycles. The van der Waals surface area contributed by atoms with Crippen LogP contribution in [0.15, 0.2) is 28.8 Å². The van der Waals surface area contributed by atoms with Gasteiger partial charge in [0, 0.05) is 6.07 Å². The Balaban J connectivity index is 2.08. The summed E-state index contributed by atoms with van der Waals surface area (Å²) in [5.41, 5.74) is 1.57. The highest BCUT2D eigenvalue weighted by molar-refractivity contribution is 6.33. The van der Waals surface area contributed by atoms with Crippen LogP contribution in [0.25, 0.3) is 0 Å². The van der Waals surface area contributed by atoms with Gasteiger partial charge in [0.25, 0.3) is 0 Å². The van der Waals surface area contributed by atoms with Crippen LogP contribution < -0.4 is 5.32 Å². The van der Waals surface area contributed by atoms with Gasteiger partial charge < -0.3 is 14.9 Å². The van der Waals surface area contributed by atoms with Crippen molar-refractivity contribution in [1.29, 1.82) is 0 Å². The number of nitrogens with zero attached hydrogens (tertiary/aromatic N) is 1. The topological polar surface area (TPSA) is 75.4 Å². The van der Waals surface area contributed by atoms with Crippen molar-refractivity contribution in [1.82, 2.24) is 5.16 Å². The fraction of sp³-hybridized carbons (Fsp3) is 0.167. The van der Waals surface area contributed by atoms with Crippen molar-refractivity contribution in [2.75, 3.05) is 5.32 Å². The molecule has 2 aromatic rings. The maximum absolute atomic E-state index is 10.7. The SMILES string of the molecule is Cc1cc(CNc2ccc(C(=O)O)cc2Cl)no1. The van der Waals surface area contributed by atoms with Gasteiger partial charge in [0.1, 0.15) is 11.5 Å². The summed E-state index contributed by atoms with van der Waals surface area (Å²) < 4.78 is 4.93. The summed E-state index contributed by atoms with van der Waals surface area (Å²) in [6, 6.07) is 6.33. The Bertz CT molecular complexity index is 580. The van der Waals surface area contributed by atoms with Crippen molar-refractivity contribution in [2.24, 2.45) is 0 Å². The van der Waals surface area contributed by atoms with Gasteiger partial charge in [0.2, 0.25) is 0 Å². The molecule has 2 N–H and O–H groups in total. The van der Waals surface area contributed by atoms with Crippen molar-refractivity contribution in [3.05, 3.63) is 46.3 Å². The van der Waals surface area contributed by atoms with Gasteiger partial charge >= 0.3 is 5.97 Å². The highest BCUT2D eigenvalue weighted by atomic mass is 35.5. The molecular formula is C12H11ClN2O3. The zero-order chi connectivity index (χ0) is 13.1. The Morgan fingerprint density at radius 3 is 2.83 bits per heavy atom. The van der Waals surface area contributed by atoms with Crippen LogP contribution in [0.1, 0.15) is 21.8 Å². The van der Waals surface area contributed by atoms with Crippen LogP contribution in [-0.2, 0) is 6.54 Å². The normalized spacial score (nSPS) is 10.3. The molecule has 1 aromatic carbocycles. The number of aryl methyl sites for hydroxylation is 1. The van der Waals surface area contributed by atoms with Gasteiger partial charge in [-0.3, -0.25) is 0 Å². The first-order valence-electron chi connectivity index (χ1n) is 5.25. The molecule has 0 atom stereocenters. The number of anilines is 1. The van der Waals surface area contributed by atoms with Crippen LogP contribution in [-0.4, -0.2) is 16.2 Å². The van der Waals surface area contributed by atoms with E-state index in [2.05, 4.69) is 10.5 Å². The Hall–Kier alpha value is -2.01. The first kappa shape index (κ1) is 12.4. The van der Waals surface area contributed by atoms with Gasteiger partial charge in [0.05, 0.1) is 22.8 Å². The van der Waals surface area contributed by atoms with E-state index in [1.165, 1.54) is 12.1 Å². The lowest BCUT2D eigenvalue weighted by molar-refractivity contribution is 0.0697. The molecule has 0 bridgehead atoms. The Kier molecular flexibility index (Phi) is 3.53. The largest absolute Gasteiger partial charge is 0.478 e. The molecule has 18 heavy (non-hydrogen) atoms. The van der Waals surface area contributed by atoms with E-state index in [1.54, 1.807) is 6.07 Å².